The standard InChI is InChI=1S/C14H26/c1-6-7-8-9-14(13(4)5)11-10-12(2)3/h10H,6-9,11H2,1-5H3. The van der Waals surface area contributed by atoms with E-state index in [1.807, 2.05) is 0 Å². The highest BCUT2D eigenvalue weighted by Crippen LogP contribution is 2.18. The Labute approximate surface area is 90.1 Å². The van der Waals surface area contributed by atoms with Gasteiger partial charge in [-0.05, 0) is 47.0 Å². The van der Waals surface area contributed by atoms with Gasteiger partial charge < -0.3 is 0 Å². The third-order valence-electron chi connectivity index (χ3n) is 2.55. The highest BCUT2D eigenvalue weighted by Gasteiger charge is 1.98. The van der Waals surface area contributed by atoms with Gasteiger partial charge in [0.2, 0.25) is 0 Å². The Morgan fingerprint density at radius 1 is 1.00 bits per heavy atom. The molecule has 0 nitrogen and oxygen atoms in total. The molecule has 0 aliphatic rings. The Morgan fingerprint density at radius 2 is 1.64 bits per heavy atom. The lowest BCUT2D eigenvalue weighted by Crippen LogP contribution is -1.87. The molecule has 0 saturated carbocycles. The Hall–Kier alpha value is -0.520. The van der Waals surface area contributed by atoms with Crippen molar-refractivity contribution < 1.29 is 0 Å². The van der Waals surface area contributed by atoms with E-state index in [0.717, 1.165) is 6.42 Å². The molecule has 0 spiro atoms. The maximum Gasteiger partial charge on any atom is -0.0134 e. The molecule has 0 N–H and O–H groups in total. The minimum Gasteiger partial charge on any atom is -0.0818 e. The van der Waals surface area contributed by atoms with Crippen molar-refractivity contribution in [2.75, 3.05) is 0 Å². The van der Waals surface area contributed by atoms with E-state index in [1.54, 1.807) is 5.57 Å². The van der Waals surface area contributed by atoms with Crippen LogP contribution in [0, 0.1) is 0 Å². The van der Waals surface area contributed by atoms with E-state index in [-0.39, 0.29) is 0 Å². The quantitative estimate of drug-likeness (QED) is 0.399. The molecule has 82 valence electrons. The van der Waals surface area contributed by atoms with E-state index in [2.05, 4.69) is 40.7 Å². The number of allylic oxidation sites excluding steroid dienone is 4. The topological polar surface area (TPSA) is 0 Å². The van der Waals surface area contributed by atoms with Gasteiger partial charge in [0.15, 0.2) is 0 Å². The SMILES string of the molecule is CCCCCC(CC=C(C)C)=C(C)C. The van der Waals surface area contributed by atoms with Crippen molar-refractivity contribution in [1.29, 1.82) is 0 Å². The van der Waals surface area contributed by atoms with Crippen LogP contribution in [0.1, 0.15) is 66.7 Å². The van der Waals surface area contributed by atoms with Crippen molar-refractivity contribution in [3.05, 3.63) is 22.8 Å². The first-order chi connectivity index (χ1) is 6.57. The molecule has 0 aliphatic carbocycles. The van der Waals surface area contributed by atoms with Gasteiger partial charge in [-0.1, -0.05) is 42.6 Å². The number of hydrogen-bond donors (Lipinski definition) is 0. The summed E-state index contributed by atoms with van der Waals surface area (Å²) in [5.41, 5.74) is 4.58. The third-order valence-corrected chi connectivity index (χ3v) is 2.55. The van der Waals surface area contributed by atoms with E-state index in [1.165, 1.54) is 36.8 Å². The van der Waals surface area contributed by atoms with Crippen LogP contribution >= 0.6 is 0 Å². The van der Waals surface area contributed by atoms with Crippen molar-refractivity contribution >= 4 is 0 Å². The highest BCUT2D eigenvalue weighted by atomic mass is 14.0. The maximum atomic E-state index is 2.34. The van der Waals surface area contributed by atoms with E-state index >= 15 is 0 Å². The summed E-state index contributed by atoms with van der Waals surface area (Å²) in [6, 6.07) is 0. The molecular formula is C14H26. The number of rotatable bonds is 6. The molecule has 0 aromatic rings. The van der Waals surface area contributed by atoms with Gasteiger partial charge in [0.25, 0.3) is 0 Å². The van der Waals surface area contributed by atoms with Gasteiger partial charge in [-0.3, -0.25) is 0 Å². The summed E-state index contributed by atoms with van der Waals surface area (Å²) in [7, 11) is 0. The van der Waals surface area contributed by atoms with Crippen LogP contribution in [-0.2, 0) is 0 Å². The van der Waals surface area contributed by atoms with Crippen LogP contribution in [0.15, 0.2) is 22.8 Å². The fraction of sp³-hybridized carbons (Fsp3) is 0.714. The second kappa shape index (κ2) is 7.84. The first-order valence-electron chi connectivity index (χ1n) is 5.86. The molecule has 0 aliphatic heterocycles. The van der Waals surface area contributed by atoms with Gasteiger partial charge >= 0.3 is 0 Å². The lowest BCUT2D eigenvalue weighted by molar-refractivity contribution is 0.702. The number of unbranched alkanes of at least 4 members (excludes halogenated alkanes) is 2. The molecule has 0 unspecified atom stereocenters. The summed E-state index contributed by atoms with van der Waals surface area (Å²) in [6.07, 6.45) is 8.83. The summed E-state index contributed by atoms with van der Waals surface area (Å²) >= 11 is 0. The molecule has 0 saturated heterocycles. The molecule has 0 amide bonds. The Morgan fingerprint density at radius 3 is 2.07 bits per heavy atom. The monoisotopic (exact) mass is 194 g/mol. The average Bonchev–Trinajstić information content (AvgIpc) is 2.10. The average molecular weight is 194 g/mol. The van der Waals surface area contributed by atoms with Crippen molar-refractivity contribution in [2.24, 2.45) is 0 Å². The second-order valence-corrected chi connectivity index (χ2v) is 4.55. The summed E-state index contributed by atoms with van der Waals surface area (Å²) in [5, 5.41) is 0. The van der Waals surface area contributed by atoms with Crippen LogP contribution in [0.25, 0.3) is 0 Å². The lowest BCUT2D eigenvalue weighted by atomic mass is 9.99. The van der Waals surface area contributed by atoms with Gasteiger partial charge in [-0.15, -0.1) is 0 Å². The van der Waals surface area contributed by atoms with Crippen molar-refractivity contribution in [2.45, 2.75) is 66.7 Å². The Kier molecular flexibility index (Phi) is 7.55. The molecule has 0 bridgehead atoms. The minimum atomic E-state index is 1.16. The molecule has 14 heavy (non-hydrogen) atoms. The predicted octanol–water partition coefficient (Wildman–Crippen LogP) is 5.26. The molecule has 0 atom stereocenters. The molecule has 0 heterocycles. The number of hydrogen-bond acceptors (Lipinski definition) is 0. The van der Waals surface area contributed by atoms with Crippen LogP contribution in [0.2, 0.25) is 0 Å². The van der Waals surface area contributed by atoms with E-state index in [4.69, 9.17) is 0 Å². The van der Waals surface area contributed by atoms with Crippen molar-refractivity contribution in [3.63, 3.8) is 0 Å². The van der Waals surface area contributed by atoms with E-state index < -0.39 is 0 Å². The lowest BCUT2D eigenvalue weighted by Gasteiger charge is -2.07. The summed E-state index contributed by atoms with van der Waals surface area (Å²) in [5.74, 6) is 0. The fourth-order valence-corrected chi connectivity index (χ4v) is 1.47. The van der Waals surface area contributed by atoms with Crippen molar-refractivity contribution in [1.82, 2.24) is 0 Å². The van der Waals surface area contributed by atoms with Crippen LogP contribution in [0.5, 0.6) is 0 Å². The van der Waals surface area contributed by atoms with Crippen LogP contribution in [0.4, 0.5) is 0 Å². The molecular weight excluding hydrogens is 168 g/mol. The molecule has 0 rings (SSSR count). The zero-order chi connectivity index (χ0) is 11.0. The molecule has 0 aromatic heterocycles. The first-order valence-corrected chi connectivity index (χ1v) is 5.86. The van der Waals surface area contributed by atoms with Gasteiger partial charge in [0, 0.05) is 0 Å². The normalized spacial score (nSPS) is 9.79. The molecule has 0 heteroatoms. The van der Waals surface area contributed by atoms with Crippen LogP contribution in [-0.4, -0.2) is 0 Å². The van der Waals surface area contributed by atoms with Crippen molar-refractivity contribution in [3.8, 4) is 0 Å². The van der Waals surface area contributed by atoms with Gasteiger partial charge in [-0.25, -0.2) is 0 Å². The van der Waals surface area contributed by atoms with Gasteiger partial charge in [-0.2, -0.15) is 0 Å². The smallest absolute Gasteiger partial charge is 0.0134 e. The van der Waals surface area contributed by atoms with Crippen LogP contribution in [0.3, 0.4) is 0 Å². The zero-order valence-corrected chi connectivity index (χ0v) is 10.6. The molecule has 0 fully saturated rings. The van der Waals surface area contributed by atoms with Gasteiger partial charge in [0.05, 0.1) is 0 Å². The van der Waals surface area contributed by atoms with E-state index in [0.29, 0.717) is 0 Å². The Balaban J connectivity index is 4.06. The maximum absolute atomic E-state index is 2.34. The zero-order valence-electron chi connectivity index (χ0n) is 10.6. The largest absolute Gasteiger partial charge is 0.0818 e. The molecule has 0 aromatic carbocycles. The highest BCUT2D eigenvalue weighted by molar-refractivity contribution is 5.15. The fourth-order valence-electron chi connectivity index (χ4n) is 1.47. The second-order valence-electron chi connectivity index (χ2n) is 4.55. The summed E-state index contributed by atoms with van der Waals surface area (Å²) < 4.78 is 0. The summed E-state index contributed by atoms with van der Waals surface area (Å²) in [6.45, 7) is 11.1. The van der Waals surface area contributed by atoms with Crippen LogP contribution < -0.4 is 0 Å². The Bertz CT molecular complexity index is 198. The van der Waals surface area contributed by atoms with E-state index in [9.17, 15) is 0 Å². The first kappa shape index (κ1) is 13.5. The van der Waals surface area contributed by atoms with Gasteiger partial charge in [0.1, 0.15) is 0 Å². The predicted molar refractivity (Wildman–Crippen MR) is 66.6 cm³/mol. The third kappa shape index (κ3) is 6.94. The molecule has 0 radical (unpaired) electrons. The minimum absolute atomic E-state index is 1.16. The summed E-state index contributed by atoms with van der Waals surface area (Å²) in [4.78, 5) is 0.